The Morgan fingerprint density at radius 2 is 1.50 bits per heavy atom. The van der Waals surface area contributed by atoms with Gasteiger partial charge in [-0.15, -0.1) is 0 Å². The lowest BCUT2D eigenvalue weighted by Gasteiger charge is -2.42. The highest BCUT2D eigenvalue weighted by Gasteiger charge is 2.57. The molecule has 0 aromatic heterocycles. The molecule has 1 aliphatic carbocycles. The summed E-state index contributed by atoms with van der Waals surface area (Å²) in [4.78, 5) is 15.2. The van der Waals surface area contributed by atoms with Crippen LogP contribution < -0.4 is 0 Å². The number of benzene rings is 3. The molecule has 0 bridgehead atoms. The smallest absolute Gasteiger partial charge is 0.411 e. The van der Waals surface area contributed by atoms with Crippen LogP contribution in [0.2, 0.25) is 0 Å². The van der Waals surface area contributed by atoms with Gasteiger partial charge in [0, 0.05) is 6.61 Å². The van der Waals surface area contributed by atoms with Gasteiger partial charge in [-0.05, 0) is 23.6 Å². The molecule has 1 amide bonds. The second-order valence-corrected chi connectivity index (χ2v) is 9.12. The number of rotatable bonds is 9. The SMILES string of the molecule is CCO[C@]1(COCc2ccccc2)[C@@H](O)C=C[C@H]1N1C(=O)O[C@@H](c2ccccc2)[C@H]1c1ccccc1. The number of hydrogen-bond donors (Lipinski definition) is 1. The maximum atomic E-state index is 13.5. The molecule has 0 radical (unpaired) electrons. The molecule has 1 saturated heterocycles. The van der Waals surface area contributed by atoms with Crippen molar-refractivity contribution in [1.82, 2.24) is 4.90 Å². The molecule has 186 valence electrons. The number of aliphatic hydroxyl groups is 1. The topological polar surface area (TPSA) is 68.2 Å². The first-order valence-corrected chi connectivity index (χ1v) is 12.3. The van der Waals surface area contributed by atoms with Crippen molar-refractivity contribution in [2.45, 2.75) is 43.4 Å². The van der Waals surface area contributed by atoms with Crippen molar-refractivity contribution in [3.63, 3.8) is 0 Å². The van der Waals surface area contributed by atoms with Crippen LogP contribution in [0.25, 0.3) is 0 Å². The average Bonchev–Trinajstić information content (AvgIpc) is 3.42. The highest BCUT2D eigenvalue weighted by Crippen LogP contribution is 2.48. The highest BCUT2D eigenvalue weighted by molar-refractivity contribution is 5.73. The van der Waals surface area contributed by atoms with Gasteiger partial charge in [-0.1, -0.05) is 103 Å². The van der Waals surface area contributed by atoms with Crippen LogP contribution in [0.5, 0.6) is 0 Å². The number of amides is 1. The first kappa shape index (κ1) is 24.3. The summed E-state index contributed by atoms with van der Waals surface area (Å²) in [6.07, 6.45) is 1.64. The predicted octanol–water partition coefficient (Wildman–Crippen LogP) is 5.21. The standard InChI is InChI=1S/C30H31NO5/c1-2-35-30(21-34-20-22-12-6-3-7-13-22)25(18-19-26(30)32)31-27(23-14-8-4-9-15-23)28(36-29(31)33)24-16-10-5-11-17-24/h3-19,25-28,32H,2,20-21H2,1H3/t25-,26+,27-,28+,30+/m1/s1. The fourth-order valence-corrected chi connectivity index (χ4v) is 5.25. The maximum Gasteiger partial charge on any atom is 0.411 e. The molecule has 1 fully saturated rings. The monoisotopic (exact) mass is 485 g/mol. The van der Waals surface area contributed by atoms with Crippen LogP contribution >= 0.6 is 0 Å². The molecule has 3 aromatic rings. The fraction of sp³-hybridized carbons (Fsp3) is 0.300. The summed E-state index contributed by atoms with van der Waals surface area (Å²) in [6.45, 7) is 2.71. The van der Waals surface area contributed by atoms with E-state index in [9.17, 15) is 9.90 Å². The number of carbonyl (C=O) groups excluding carboxylic acids is 1. The van der Waals surface area contributed by atoms with E-state index in [0.717, 1.165) is 16.7 Å². The molecule has 2 aliphatic rings. The lowest BCUT2D eigenvalue weighted by molar-refractivity contribution is -0.162. The molecule has 3 aromatic carbocycles. The molecule has 0 unspecified atom stereocenters. The molecule has 5 rings (SSSR count). The van der Waals surface area contributed by atoms with Gasteiger partial charge in [0.15, 0.2) is 6.10 Å². The Morgan fingerprint density at radius 3 is 2.14 bits per heavy atom. The molecule has 5 atom stereocenters. The number of hydrogen-bond acceptors (Lipinski definition) is 5. The van der Waals surface area contributed by atoms with Gasteiger partial charge in [0.05, 0.1) is 19.3 Å². The van der Waals surface area contributed by atoms with E-state index in [1.807, 2.05) is 104 Å². The van der Waals surface area contributed by atoms with Gasteiger partial charge in [0.1, 0.15) is 17.7 Å². The number of aliphatic hydroxyl groups excluding tert-OH is 1. The van der Waals surface area contributed by atoms with Gasteiger partial charge in [0.25, 0.3) is 0 Å². The maximum absolute atomic E-state index is 13.5. The van der Waals surface area contributed by atoms with Crippen molar-refractivity contribution in [2.75, 3.05) is 13.2 Å². The zero-order chi connectivity index (χ0) is 25.0. The van der Waals surface area contributed by atoms with E-state index in [0.29, 0.717) is 13.2 Å². The minimum atomic E-state index is -1.17. The van der Waals surface area contributed by atoms with Gasteiger partial charge in [0.2, 0.25) is 0 Å². The third-order valence-electron chi connectivity index (χ3n) is 6.92. The first-order valence-electron chi connectivity index (χ1n) is 12.3. The largest absolute Gasteiger partial charge is 0.439 e. The minimum Gasteiger partial charge on any atom is -0.439 e. The predicted molar refractivity (Wildman–Crippen MR) is 136 cm³/mol. The van der Waals surface area contributed by atoms with Crippen LogP contribution in [0.3, 0.4) is 0 Å². The fourth-order valence-electron chi connectivity index (χ4n) is 5.25. The zero-order valence-corrected chi connectivity index (χ0v) is 20.3. The summed E-state index contributed by atoms with van der Waals surface area (Å²) in [5.41, 5.74) is 1.71. The Morgan fingerprint density at radius 1 is 0.889 bits per heavy atom. The Bertz CT molecular complexity index is 1170. The van der Waals surface area contributed by atoms with Crippen LogP contribution in [0, 0.1) is 0 Å². The van der Waals surface area contributed by atoms with Gasteiger partial charge in [-0.2, -0.15) is 0 Å². The summed E-state index contributed by atoms with van der Waals surface area (Å²) in [5, 5.41) is 11.2. The molecule has 1 N–H and O–H groups in total. The van der Waals surface area contributed by atoms with Crippen molar-refractivity contribution in [3.05, 3.63) is 120 Å². The first-order chi connectivity index (χ1) is 17.6. The van der Waals surface area contributed by atoms with Crippen molar-refractivity contribution < 1.29 is 24.1 Å². The molecule has 1 heterocycles. The minimum absolute atomic E-state index is 0.107. The summed E-state index contributed by atoms with van der Waals surface area (Å²) in [6, 6.07) is 28.5. The van der Waals surface area contributed by atoms with E-state index in [1.165, 1.54) is 0 Å². The third-order valence-corrected chi connectivity index (χ3v) is 6.92. The van der Waals surface area contributed by atoms with Crippen molar-refractivity contribution in [3.8, 4) is 0 Å². The molecule has 1 aliphatic heterocycles. The Hall–Kier alpha value is -3.45. The molecule has 6 nitrogen and oxygen atoms in total. The van der Waals surface area contributed by atoms with Gasteiger partial charge in [-0.3, -0.25) is 4.90 Å². The number of carbonyl (C=O) groups is 1. The molecule has 36 heavy (non-hydrogen) atoms. The van der Waals surface area contributed by atoms with E-state index in [1.54, 1.807) is 11.0 Å². The van der Waals surface area contributed by atoms with E-state index in [2.05, 4.69) is 0 Å². The molecular formula is C30H31NO5. The molecule has 6 heteroatoms. The summed E-state index contributed by atoms with van der Waals surface area (Å²) < 4.78 is 18.4. The number of cyclic esters (lactones) is 1. The Labute approximate surface area is 211 Å². The van der Waals surface area contributed by atoms with Crippen LogP contribution in [-0.4, -0.2) is 47.1 Å². The van der Waals surface area contributed by atoms with E-state index in [4.69, 9.17) is 14.2 Å². The quantitative estimate of drug-likeness (QED) is 0.421. The third kappa shape index (κ3) is 4.55. The average molecular weight is 486 g/mol. The lowest BCUT2D eigenvalue weighted by atomic mass is 9.89. The summed E-state index contributed by atoms with van der Waals surface area (Å²) in [7, 11) is 0. The van der Waals surface area contributed by atoms with Crippen LogP contribution in [0.15, 0.2) is 103 Å². The van der Waals surface area contributed by atoms with Gasteiger partial charge >= 0.3 is 6.09 Å². The van der Waals surface area contributed by atoms with Crippen molar-refractivity contribution >= 4 is 6.09 Å². The second-order valence-electron chi connectivity index (χ2n) is 9.12. The lowest BCUT2D eigenvalue weighted by Crippen LogP contribution is -2.60. The number of nitrogens with zero attached hydrogens (tertiary/aromatic N) is 1. The van der Waals surface area contributed by atoms with Gasteiger partial charge < -0.3 is 19.3 Å². The van der Waals surface area contributed by atoms with E-state index < -0.39 is 36.0 Å². The van der Waals surface area contributed by atoms with Crippen molar-refractivity contribution in [1.29, 1.82) is 0 Å². The normalized spacial score (nSPS) is 27.4. The van der Waals surface area contributed by atoms with E-state index in [-0.39, 0.29) is 6.61 Å². The summed E-state index contributed by atoms with van der Waals surface area (Å²) >= 11 is 0. The molecule has 0 spiro atoms. The summed E-state index contributed by atoms with van der Waals surface area (Å²) in [5.74, 6) is 0. The van der Waals surface area contributed by atoms with Gasteiger partial charge in [-0.25, -0.2) is 4.79 Å². The van der Waals surface area contributed by atoms with E-state index >= 15 is 0 Å². The van der Waals surface area contributed by atoms with Crippen LogP contribution in [-0.2, 0) is 20.8 Å². The number of ether oxygens (including phenoxy) is 3. The second kappa shape index (κ2) is 10.7. The van der Waals surface area contributed by atoms with Crippen LogP contribution in [0.1, 0.15) is 35.8 Å². The molecular weight excluding hydrogens is 454 g/mol. The van der Waals surface area contributed by atoms with Crippen molar-refractivity contribution in [2.24, 2.45) is 0 Å². The Kier molecular flexibility index (Phi) is 7.18. The Balaban J connectivity index is 1.50. The zero-order valence-electron chi connectivity index (χ0n) is 20.3. The highest BCUT2D eigenvalue weighted by atomic mass is 16.6. The van der Waals surface area contributed by atoms with Crippen LogP contribution in [0.4, 0.5) is 4.79 Å². The molecule has 0 saturated carbocycles.